The zero-order chi connectivity index (χ0) is 13.3. The van der Waals surface area contributed by atoms with Crippen LogP contribution in [0.5, 0.6) is 0 Å². The molecule has 0 aromatic rings. The molecule has 1 saturated carbocycles. The molecule has 1 atom stereocenters. The summed E-state index contributed by atoms with van der Waals surface area (Å²) >= 11 is 0. The maximum Gasteiger partial charge on any atom is 0.311 e. The number of rotatable bonds is 7. The molecule has 17 heavy (non-hydrogen) atoms. The summed E-state index contributed by atoms with van der Waals surface area (Å²) in [7, 11) is -3.20. The van der Waals surface area contributed by atoms with Crippen molar-refractivity contribution in [3.8, 4) is 0 Å². The second-order valence-corrected chi connectivity index (χ2v) is 7.78. The number of hydrogen-bond acceptors (Lipinski definition) is 4. The van der Waals surface area contributed by atoms with Crippen molar-refractivity contribution in [1.82, 2.24) is 0 Å². The van der Waals surface area contributed by atoms with E-state index in [-0.39, 0.29) is 24.6 Å². The molecule has 100 valence electrons. The predicted molar refractivity (Wildman–Crippen MR) is 65.4 cm³/mol. The van der Waals surface area contributed by atoms with Gasteiger partial charge in [0.25, 0.3) is 0 Å². The van der Waals surface area contributed by atoms with Crippen molar-refractivity contribution in [3.05, 3.63) is 0 Å². The van der Waals surface area contributed by atoms with Gasteiger partial charge in [-0.3, -0.25) is 4.79 Å². The van der Waals surface area contributed by atoms with Crippen LogP contribution in [-0.4, -0.2) is 37.0 Å². The van der Waals surface area contributed by atoms with Crippen LogP contribution in [0.1, 0.15) is 33.1 Å². The van der Waals surface area contributed by atoms with Gasteiger partial charge in [0, 0.05) is 6.54 Å². The average Bonchev–Trinajstić information content (AvgIpc) is 3.03. The molecule has 0 bridgehead atoms. The van der Waals surface area contributed by atoms with E-state index in [2.05, 4.69) is 0 Å². The van der Waals surface area contributed by atoms with Crippen LogP contribution in [0.4, 0.5) is 0 Å². The summed E-state index contributed by atoms with van der Waals surface area (Å²) in [6.45, 7) is 3.23. The van der Waals surface area contributed by atoms with Crippen LogP contribution in [0, 0.1) is 11.3 Å². The van der Waals surface area contributed by atoms with Crippen LogP contribution >= 0.6 is 0 Å². The third-order valence-corrected chi connectivity index (χ3v) is 5.91. The molecule has 0 spiro atoms. The van der Waals surface area contributed by atoms with E-state index < -0.39 is 26.5 Å². The van der Waals surface area contributed by atoms with Crippen LogP contribution in [0.25, 0.3) is 0 Å². The van der Waals surface area contributed by atoms with E-state index in [9.17, 15) is 18.3 Å². The Morgan fingerprint density at radius 1 is 1.47 bits per heavy atom. The first-order chi connectivity index (χ1) is 7.76. The van der Waals surface area contributed by atoms with Gasteiger partial charge in [-0.25, -0.2) is 8.42 Å². The fraction of sp³-hybridized carbons (Fsp3) is 0.909. The molecule has 0 radical (unpaired) electrons. The molecule has 0 aliphatic heterocycles. The molecule has 0 amide bonds. The van der Waals surface area contributed by atoms with E-state index in [1.54, 1.807) is 13.8 Å². The van der Waals surface area contributed by atoms with Crippen molar-refractivity contribution in [1.29, 1.82) is 0 Å². The van der Waals surface area contributed by atoms with Crippen molar-refractivity contribution in [2.45, 2.75) is 38.4 Å². The first-order valence-corrected chi connectivity index (χ1v) is 7.63. The Labute approximate surface area is 102 Å². The van der Waals surface area contributed by atoms with Gasteiger partial charge in [-0.1, -0.05) is 0 Å². The molecule has 1 aliphatic carbocycles. The number of aliphatic carboxylic acids is 1. The van der Waals surface area contributed by atoms with Gasteiger partial charge in [0.2, 0.25) is 0 Å². The summed E-state index contributed by atoms with van der Waals surface area (Å²) in [5.41, 5.74) is 4.54. The highest BCUT2D eigenvalue weighted by Crippen LogP contribution is 2.47. The lowest BCUT2D eigenvalue weighted by Gasteiger charge is -2.28. The lowest BCUT2D eigenvalue weighted by atomic mass is 9.80. The van der Waals surface area contributed by atoms with E-state index in [1.165, 1.54) is 0 Å². The molecule has 6 heteroatoms. The maximum absolute atomic E-state index is 11.7. The predicted octanol–water partition coefficient (Wildman–Crippen LogP) is 0.639. The molecule has 1 aliphatic rings. The number of hydrogen-bond donors (Lipinski definition) is 2. The molecule has 0 saturated heterocycles. The van der Waals surface area contributed by atoms with E-state index in [4.69, 9.17) is 5.73 Å². The molecule has 0 aromatic heterocycles. The number of carboxylic acids is 1. The van der Waals surface area contributed by atoms with Gasteiger partial charge in [0.1, 0.15) is 0 Å². The van der Waals surface area contributed by atoms with Crippen LogP contribution in [0.15, 0.2) is 0 Å². The second-order valence-electron chi connectivity index (χ2n) is 5.11. The van der Waals surface area contributed by atoms with Gasteiger partial charge in [-0.05, 0) is 39.0 Å². The SMILES string of the molecule is CC(C)S(=O)(=O)CCC(CN)(C(=O)O)C1CC1. The zero-order valence-corrected chi connectivity index (χ0v) is 11.2. The highest BCUT2D eigenvalue weighted by Gasteiger charge is 2.50. The quantitative estimate of drug-likeness (QED) is 0.702. The summed E-state index contributed by atoms with van der Waals surface area (Å²) < 4.78 is 23.4. The summed E-state index contributed by atoms with van der Waals surface area (Å²) in [6.07, 6.45) is 1.81. The van der Waals surface area contributed by atoms with Crippen molar-refractivity contribution in [3.63, 3.8) is 0 Å². The van der Waals surface area contributed by atoms with Crippen LogP contribution in [0.3, 0.4) is 0 Å². The monoisotopic (exact) mass is 263 g/mol. The summed E-state index contributed by atoms with van der Waals surface area (Å²) in [5.74, 6) is -1.00. The standard InChI is InChI=1S/C11H21NO4S/c1-8(2)17(15,16)6-5-11(7-12,10(13)14)9-3-4-9/h8-9H,3-7,12H2,1-2H3,(H,13,14). The third-order valence-electron chi connectivity index (χ3n) is 3.70. The average molecular weight is 263 g/mol. The van der Waals surface area contributed by atoms with E-state index in [1.807, 2.05) is 0 Å². The molecular formula is C11H21NO4S. The minimum absolute atomic E-state index is 0.0145. The lowest BCUT2D eigenvalue weighted by molar-refractivity contribution is -0.149. The summed E-state index contributed by atoms with van der Waals surface area (Å²) in [4.78, 5) is 11.3. The number of carboxylic acid groups (broad SMARTS) is 1. The molecule has 5 nitrogen and oxygen atoms in total. The van der Waals surface area contributed by atoms with Crippen LogP contribution in [0.2, 0.25) is 0 Å². The molecule has 0 aromatic carbocycles. The Hall–Kier alpha value is -0.620. The maximum atomic E-state index is 11.7. The molecule has 0 heterocycles. The third kappa shape index (κ3) is 2.98. The van der Waals surface area contributed by atoms with Crippen molar-refractivity contribution >= 4 is 15.8 Å². The number of nitrogens with two attached hydrogens (primary N) is 1. The Bertz CT molecular complexity index is 386. The first kappa shape index (κ1) is 14.4. The normalized spacial score (nSPS) is 20.2. The number of carbonyl (C=O) groups is 1. The molecular weight excluding hydrogens is 242 g/mol. The Kier molecular flexibility index (Phi) is 4.19. The van der Waals surface area contributed by atoms with Gasteiger partial charge in [-0.2, -0.15) is 0 Å². The van der Waals surface area contributed by atoms with Gasteiger partial charge in [0.05, 0.1) is 16.4 Å². The van der Waals surface area contributed by atoms with Crippen molar-refractivity contribution < 1.29 is 18.3 Å². The van der Waals surface area contributed by atoms with E-state index >= 15 is 0 Å². The van der Waals surface area contributed by atoms with Crippen LogP contribution < -0.4 is 5.73 Å². The Morgan fingerprint density at radius 3 is 2.29 bits per heavy atom. The molecule has 1 unspecified atom stereocenters. The fourth-order valence-electron chi connectivity index (χ4n) is 2.04. The fourth-order valence-corrected chi connectivity index (χ4v) is 3.16. The summed E-state index contributed by atoms with van der Waals surface area (Å²) in [5, 5.41) is 8.83. The minimum atomic E-state index is -3.20. The molecule has 1 fully saturated rings. The largest absolute Gasteiger partial charge is 0.481 e. The summed E-state index contributed by atoms with van der Waals surface area (Å²) in [6, 6.07) is 0. The van der Waals surface area contributed by atoms with Crippen LogP contribution in [-0.2, 0) is 14.6 Å². The highest BCUT2D eigenvalue weighted by atomic mass is 32.2. The smallest absolute Gasteiger partial charge is 0.311 e. The van der Waals surface area contributed by atoms with E-state index in [0.29, 0.717) is 0 Å². The first-order valence-electron chi connectivity index (χ1n) is 5.91. The molecule has 3 N–H and O–H groups in total. The van der Waals surface area contributed by atoms with Crippen molar-refractivity contribution in [2.24, 2.45) is 17.1 Å². The number of sulfone groups is 1. The van der Waals surface area contributed by atoms with E-state index in [0.717, 1.165) is 12.8 Å². The second kappa shape index (κ2) is 4.94. The molecule has 1 rings (SSSR count). The van der Waals surface area contributed by atoms with Gasteiger partial charge in [0.15, 0.2) is 9.84 Å². The lowest BCUT2D eigenvalue weighted by Crippen LogP contribution is -2.42. The highest BCUT2D eigenvalue weighted by molar-refractivity contribution is 7.91. The van der Waals surface area contributed by atoms with Crippen molar-refractivity contribution in [2.75, 3.05) is 12.3 Å². The van der Waals surface area contributed by atoms with Gasteiger partial charge in [-0.15, -0.1) is 0 Å². The minimum Gasteiger partial charge on any atom is -0.481 e. The zero-order valence-electron chi connectivity index (χ0n) is 10.3. The van der Waals surface area contributed by atoms with Gasteiger partial charge < -0.3 is 10.8 Å². The Balaban J connectivity index is 2.78. The Morgan fingerprint density at radius 2 is 2.00 bits per heavy atom. The topological polar surface area (TPSA) is 97.5 Å². The van der Waals surface area contributed by atoms with Gasteiger partial charge >= 0.3 is 5.97 Å².